The van der Waals surface area contributed by atoms with Gasteiger partial charge in [0.15, 0.2) is 0 Å². The van der Waals surface area contributed by atoms with E-state index in [4.69, 9.17) is 15.0 Å². The SMILES string of the molecule is C[N+](C)(C)Cc1ccccc1.O=C(O)O. The molecule has 0 amide bonds. The van der Waals surface area contributed by atoms with E-state index in [1.54, 1.807) is 0 Å². The van der Waals surface area contributed by atoms with Gasteiger partial charge < -0.3 is 14.7 Å². The first-order valence-electron chi connectivity index (χ1n) is 4.57. The molecular weight excluding hydrogens is 194 g/mol. The molecule has 1 aromatic rings. The Morgan fingerprint density at radius 1 is 1.13 bits per heavy atom. The Balaban J connectivity index is 0.000000423. The van der Waals surface area contributed by atoms with Crippen molar-refractivity contribution in [2.45, 2.75) is 6.54 Å². The first-order valence-corrected chi connectivity index (χ1v) is 4.57. The first-order chi connectivity index (χ1) is 6.81. The second-order valence-electron chi connectivity index (χ2n) is 4.22. The fourth-order valence-corrected chi connectivity index (χ4v) is 1.13. The van der Waals surface area contributed by atoms with Crippen molar-refractivity contribution >= 4 is 6.16 Å². The molecule has 0 atom stereocenters. The van der Waals surface area contributed by atoms with Gasteiger partial charge in [0.05, 0.1) is 21.1 Å². The zero-order chi connectivity index (χ0) is 11.9. The summed E-state index contributed by atoms with van der Waals surface area (Å²) in [6.07, 6.45) is -1.83. The van der Waals surface area contributed by atoms with Crippen LogP contribution in [0.1, 0.15) is 5.56 Å². The number of hydrogen-bond donors (Lipinski definition) is 2. The molecular formula is C11H18NO3+. The second-order valence-corrected chi connectivity index (χ2v) is 4.22. The summed E-state index contributed by atoms with van der Waals surface area (Å²) in [4.78, 5) is 8.56. The second kappa shape index (κ2) is 6.03. The maximum absolute atomic E-state index is 8.56. The maximum atomic E-state index is 8.56. The van der Waals surface area contributed by atoms with Crippen molar-refractivity contribution in [1.82, 2.24) is 0 Å². The van der Waals surface area contributed by atoms with Gasteiger partial charge >= 0.3 is 6.16 Å². The van der Waals surface area contributed by atoms with Gasteiger partial charge in [0.25, 0.3) is 0 Å². The normalized spacial score (nSPS) is 10.1. The molecule has 0 aliphatic heterocycles. The van der Waals surface area contributed by atoms with E-state index in [0.29, 0.717) is 0 Å². The fraction of sp³-hybridized carbons (Fsp3) is 0.364. The Hall–Kier alpha value is -1.55. The summed E-state index contributed by atoms with van der Waals surface area (Å²) < 4.78 is 0.990. The molecule has 0 aliphatic rings. The summed E-state index contributed by atoms with van der Waals surface area (Å²) in [5, 5.41) is 13.9. The van der Waals surface area contributed by atoms with Crippen molar-refractivity contribution < 1.29 is 19.5 Å². The van der Waals surface area contributed by atoms with Crippen LogP contribution in [0.5, 0.6) is 0 Å². The lowest BCUT2D eigenvalue weighted by atomic mass is 10.2. The third-order valence-corrected chi connectivity index (χ3v) is 1.50. The van der Waals surface area contributed by atoms with E-state index in [9.17, 15) is 0 Å². The molecule has 0 saturated heterocycles. The summed E-state index contributed by atoms with van der Waals surface area (Å²) in [7, 11) is 6.60. The van der Waals surface area contributed by atoms with Gasteiger partial charge in [-0.1, -0.05) is 30.3 Å². The van der Waals surface area contributed by atoms with Crippen molar-refractivity contribution in [1.29, 1.82) is 0 Å². The predicted molar refractivity (Wildman–Crippen MR) is 58.8 cm³/mol. The Morgan fingerprint density at radius 3 is 1.87 bits per heavy atom. The molecule has 84 valence electrons. The van der Waals surface area contributed by atoms with Crippen LogP contribution < -0.4 is 0 Å². The van der Waals surface area contributed by atoms with Gasteiger partial charge in [-0.3, -0.25) is 0 Å². The average Bonchev–Trinajstić information content (AvgIpc) is 2.01. The van der Waals surface area contributed by atoms with Crippen LogP contribution in [-0.4, -0.2) is 42.0 Å². The molecule has 0 aliphatic carbocycles. The molecule has 1 rings (SSSR count). The number of benzene rings is 1. The van der Waals surface area contributed by atoms with E-state index in [0.717, 1.165) is 11.0 Å². The number of nitrogens with zero attached hydrogens (tertiary/aromatic N) is 1. The minimum atomic E-state index is -1.83. The van der Waals surface area contributed by atoms with Crippen LogP contribution in [0.3, 0.4) is 0 Å². The molecule has 0 radical (unpaired) electrons. The number of carboxylic acid groups (broad SMARTS) is 2. The van der Waals surface area contributed by atoms with Crippen LogP contribution in [0.15, 0.2) is 30.3 Å². The molecule has 0 unspecified atom stereocenters. The minimum absolute atomic E-state index is 0.990. The number of hydrogen-bond acceptors (Lipinski definition) is 1. The van der Waals surface area contributed by atoms with Crippen LogP contribution in [0.25, 0.3) is 0 Å². The van der Waals surface area contributed by atoms with E-state index in [-0.39, 0.29) is 0 Å². The molecule has 0 fully saturated rings. The Kier molecular flexibility index (Phi) is 5.41. The summed E-state index contributed by atoms with van der Waals surface area (Å²) in [5.74, 6) is 0. The Morgan fingerprint density at radius 2 is 1.53 bits per heavy atom. The van der Waals surface area contributed by atoms with Crippen molar-refractivity contribution in [3.05, 3.63) is 35.9 Å². The van der Waals surface area contributed by atoms with Crippen LogP contribution in [-0.2, 0) is 6.54 Å². The number of rotatable bonds is 2. The van der Waals surface area contributed by atoms with Crippen molar-refractivity contribution in [2.24, 2.45) is 0 Å². The average molecular weight is 212 g/mol. The molecule has 0 aromatic heterocycles. The molecule has 15 heavy (non-hydrogen) atoms. The monoisotopic (exact) mass is 212 g/mol. The highest BCUT2D eigenvalue weighted by Gasteiger charge is 2.06. The van der Waals surface area contributed by atoms with Crippen molar-refractivity contribution in [3.63, 3.8) is 0 Å². The van der Waals surface area contributed by atoms with Crippen LogP contribution in [0, 0.1) is 0 Å². The molecule has 0 spiro atoms. The molecule has 0 bridgehead atoms. The molecule has 0 saturated carbocycles. The van der Waals surface area contributed by atoms with E-state index in [1.165, 1.54) is 5.56 Å². The molecule has 4 heteroatoms. The van der Waals surface area contributed by atoms with Crippen LogP contribution in [0.2, 0.25) is 0 Å². The Bertz CT molecular complexity index is 286. The summed E-state index contributed by atoms with van der Waals surface area (Å²) >= 11 is 0. The summed E-state index contributed by atoms with van der Waals surface area (Å²) in [6.45, 7) is 1.10. The molecule has 1 aromatic carbocycles. The van der Waals surface area contributed by atoms with Crippen LogP contribution >= 0.6 is 0 Å². The fourth-order valence-electron chi connectivity index (χ4n) is 1.13. The standard InChI is InChI=1S/C10H16N.CH2O3/c1-11(2,3)9-10-7-5-4-6-8-10;2-1(3)4/h4-8H,9H2,1-3H3;(H2,2,3,4)/q+1;. The highest BCUT2D eigenvalue weighted by atomic mass is 16.6. The third kappa shape index (κ3) is 10.4. The van der Waals surface area contributed by atoms with Gasteiger partial charge in [0.2, 0.25) is 0 Å². The van der Waals surface area contributed by atoms with Gasteiger partial charge in [-0.15, -0.1) is 0 Å². The van der Waals surface area contributed by atoms with Gasteiger partial charge in [0.1, 0.15) is 6.54 Å². The lowest BCUT2D eigenvalue weighted by Crippen LogP contribution is -2.33. The van der Waals surface area contributed by atoms with E-state index < -0.39 is 6.16 Å². The van der Waals surface area contributed by atoms with Crippen LogP contribution in [0.4, 0.5) is 4.79 Å². The minimum Gasteiger partial charge on any atom is -0.450 e. The zero-order valence-electron chi connectivity index (χ0n) is 9.34. The third-order valence-electron chi connectivity index (χ3n) is 1.50. The van der Waals surface area contributed by atoms with E-state index >= 15 is 0 Å². The molecule has 2 N–H and O–H groups in total. The highest BCUT2D eigenvalue weighted by Crippen LogP contribution is 2.05. The lowest BCUT2D eigenvalue weighted by molar-refractivity contribution is -0.884. The topological polar surface area (TPSA) is 57.5 Å². The maximum Gasteiger partial charge on any atom is 0.503 e. The smallest absolute Gasteiger partial charge is 0.450 e. The Labute approximate surface area is 90.0 Å². The van der Waals surface area contributed by atoms with Gasteiger partial charge in [-0.05, 0) is 0 Å². The van der Waals surface area contributed by atoms with Crippen molar-refractivity contribution in [3.8, 4) is 0 Å². The van der Waals surface area contributed by atoms with E-state index in [2.05, 4.69) is 51.5 Å². The first kappa shape index (κ1) is 13.4. The molecule has 0 heterocycles. The zero-order valence-corrected chi connectivity index (χ0v) is 9.34. The van der Waals surface area contributed by atoms with Crippen molar-refractivity contribution in [2.75, 3.05) is 21.1 Å². The molecule has 4 nitrogen and oxygen atoms in total. The highest BCUT2D eigenvalue weighted by molar-refractivity contribution is 5.53. The van der Waals surface area contributed by atoms with Gasteiger partial charge in [-0.2, -0.15) is 0 Å². The largest absolute Gasteiger partial charge is 0.503 e. The predicted octanol–water partition coefficient (Wildman–Crippen LogP) is 2.12. The quantitative estimate of drug-likeness (QED) is 0.738. The lowest BCUT2D eigenvalue weighted by Gasteiger charge is -2.23. The summed E-state index contributed by atoms with van der Waals surface area (Å²) in [6, 6.07) is 10.6. The van der Waals surface area contributed by atoms with E-state index in [1.807, 2.05) is 0 Å². The van der Waals surface area contributed by atoms with Gasteiger partial charge in [0, 0.05) is 5.56 Å². The van der Waals surface area contributed by atoms with Gasteiger partial charge in [-0.25, -0.2) is 4.79 Å². The summed E-state index contributed by atoms with van der Waals surface area (Å²) in [5.41, 5.74) is 1.40. The number of carbonyl (C=O) groups is 1. The number of quaternary nitrogens is 1.